The summed E-state index contributed by atoms with van der Waals surface area (Å²) in [7, 11) is 0. The Morgan fingerprint density at radius 2 is 2.04 bits per heavy atom. The summed E-state index contributed by atoms with van der Waals surface area (Å²) < 4.78 is 0. The third-order valence-corrected chi connectivity index (χ3v) is 6.01. The summed E-state index contributed by atoms with van der Waals surface area (Å²) >= 11 is 0. The smallest absolute Gasteiger partial charge is 0.0571 e. The van der Waals surface area contributed by atoms with Gasteiger partial charge in [-0.25, -0.2) is 0 Å². The van der Waals surface area contributed by atoms with Crippen LogP contribution in [-0.2, 0) is 0 Å². The highest BCUT2D eigenvalue weighted by atomic mass is 15.2. The van der Waals surface area contributed by atoms with Gasteiger partial charge < -0.3 is 4.90 Å². The minimum Gasteiger partial charge on any atom is -0.300 e. The largest absolute Gasteiger partial charge is 0.300 e. The summed E-state index contributed by atoms with van der Waals surface area (Å²) in [5, 5.41) is 0. The van der Waals surface area contributed by atoms with E-state index in [9.17, 15) is 0 Å². The Labute approximate surface area is 167 Å². The highest BCUT2D eigenvalue weighted by Crippen LogP contribution is 2.34. The first-order valence-corrected chi connectivity index (χ1v) is 10.4. The second-order valence-electron chi connectivity index (χ2n) is 8.47. The Morgan fingerprint density at radius 3 is 2.63 bits per heavy atom. The number of rotatable bonds is 8. The van der Waals surface area contributed by atoms with Crippen molar-refractivity contribution in [2.75, 3.05) is 19.6 Å². The van der Waals surface area contributed by atoms with Crippen LogP contribution in [-0.4, -0.2) is 36.3 Å². The maximum Gasteiger partial charge on any atom is 0.0571 e. The van der Waals surface area contributed by atoms with Crippen molar-refractivity contribution < 1.29 is 0 Å². The molecule has 0 saturated carbocycles. The number of likely N-dealkylation sites (tertiary alicyclic amines) is 1. The van der Waals surface area contributed by atoms with Crippen LogP contribution in [0.4, 0.5) is 0 Å². The molecule has 2 rings (SSSR count). The first-order valence-electron chi connectivity index (χ1n) is 10.4. The predicted octanol–water partition coefficient (Wildman–Crippen LogP) is 6.25. The van der Waals surface area contributed by atoms with Crippen molar-refractivity contribution in [3.63, 3.8) is 0 Å². The minimum absolute atomic E-state index is 0.541. The molecular formula is C25H38N2. The zero-order valence-electron chi connectivity index (χ0n) is 18.3. The molecule has 0 amide bonds. The zero-order chi connectivity index (χ0) is 20.1. The van der Waals surface area contributed by atoms with E-state index < -0.39 is 0 Å². The number of aliphatic imine (C=N–C) groups is 1. The molecule has 2 heteroatoms. The molecule has 1 aromatic rings. The number of aryl methyl sites for hydroxylation is 1. The molecule has 1 aromatic carbocycles. The molecule has 148 valence electrons. The number of allylic oxidation sites excluding steroid dienone is 1. The average Bonchev–Trinajstić information content (AvgIpc) is 2.98. The van der Waals surface area contributed by atoms with E-state index in [1.165, 1.54) is 41.6 Å². The molecule has 0 aliphatic carbocycles. The van der Waals surface area contributed by atoms with Gasteiger partial charge in [-0.15, -0.1) is 6.58 Å². The highest BCUT2D eigenvalue weighted by molar-refractivity contribution is 6.03. The van der Waals surface area contributed by atoms with Crippen molar-refractivity contribution >= 4 is 11.3 Å². The summed E-state index contributed by atoms with van der Waals surface area (Å²) in [5.74, 6) is 1.36. The Bertz CT molecular complexity index is 713. The molecule has 3 atom stereocenters. The zero-order valence-corrected chi connectivity index (χ0v) is 18.3. The molecule has 1 heterocycles. The van der Waals surface area contributed by atoms with E-state index >= 15 is 0 Å². The van der Waals surface area contributed by atoms with Crippen LogP contribution >= 0.6 is 0 Å². The van der Waals surface area contributed by atoms with Crippen molar-refractivity contribution in [3.8, 4) is 0 Å². The second-order valence-corrected chi connectivity index (χ2v) is 8.47. The standard InChI is InChI=1S/C25H38N2/c1-9-11-26-21(8)25-15-24(20(7)14-23(25)17(3)4)19(6)13-22-12-18(5)16-27(22)10-2/h9,14-15,18-19,22H,1,3,10-13,16H2,2,4-8H3/t18-,19?,22-/m0/s1. The van der Waals surface area contributed by atoms with Gasteiger partial charge in [0.1, 0.15) is 0 Å². The summed E-state index contributed by atoms with van der Waals surface area (Å²) in [6.07, 6.45) is 4.41. The summed E-state index contributed by atoms with van der Waals surface area (Å²) in [6, 6.07) is 5.39. The number of benzene rings is 1. The Kier molecular flexibility index (Phi) is 7.61. The lowest BCUT2D eigenvalue weighted by Gasteiger charge is -2.27. The average molecular weight is 367 g/mol. The van der Waals surface area contributed by atoms with Gasteiger partial charge in [-0.2, -0.15) is 0 Å². The number of hydrogen-bond donors (Lipinski definition) is 0. The van der Waals surface area contributed by atoms with E-state index in [1.807, 2.05) is 6.08 Å². The van der Waals surface area contributed by atoms with Gasteiger partial charge in [-0.05, 0) is 74.8 Å². The molecule has 1 saturated heterocycles. The van der Waals surface area contributed by atoms with Crippen molar-refractivity contribution in [1.29, 1.82) is 0 Å². The monoisotopic (exact) mass is 366 g/mol. The molecule has 1 unspecified atom stereocenters. The fraction of sp³-hybridized carbons (Fsp3) is 0.560. The van der Waals surface area contributed by atoms with E-state index in [0.717, 1.165) is 23.7 Å². The molecule has 0 radical (unpaired) electrons. The van der Waals surface area contributed by atoms with Crippen LogP contribution in [0.1, 0.15) is 75.6 Å². The van der Waals surface area contributed by atoms with Crippen LogP contribution in [0.5, 0.6) is 0 Å². The van der Waals surface area contributed by atoms with Gasteiger partial charge in [-0.1, -0.05) is 45.1 Å². The van der Waals surface area contributed by atoms with Crippen LogP contribution in [0.25, 0.3) is 5.57 Å². The SMILES string of the molecule is C=CCN=C(C)c1cc(C(C)C[C@@H]2C[C@H](C)CN2CC)c(C)cc1C(=C)C. The highest BCUT2D eigenvalue weighted by Gasteiger charge is 2.30. The fourth-order valence-corrected chi connectivity index (χ4v) is 4.60. The van der Waals surface area contributed by atoms with Crippen LogP contribution in [0.2, 0.25) is 0 Å². The van der Waals surface area contributed by atoms with Gasteiger partial charge in [-0.3, -0.25) is 4.99 Å². The van der Waals surface area contributed by atoms with Gasteiger partial charge in [0.15, 0.2) is 0 Å². The van der Waals surface area contributed by atoms with Crippen LogP contribution < -0.4 is 0 Å². The normalized spacial score (nSPS) is 22.1. The van der Waals surface area contributed by atoms with Crippen LogP contribution in [0.15, 0.2) is 36.4 Å². The maximum absolute atomic E-state index is 4.67. The molecule has 1 aliphatic rings. The van der Waals surface area contributed by atoms with Crippen molar-refractivity contribution in [3.05, 3.63) is 53.6 Å². The van der Waals surface area contributed by atoms with Gasteiger partial charge >= 0.3 is 0 Å². The quantitative estimate of drug-likeness (QED) is 0.392. The summed E-state index contributed by atoms with van der Waals surface area (Å²) in [4.78, 5) is 7.34. The molecule has 0 aromatic heterocycles. The molecule has 0 spiro atoms. The van der Waals surface area contributed by atoms with Crippen LogP contribution in [0, 0.1) is 12.8 Å². The Hall–Kier alpha value is -1.67. The van der Waals surface area contributed by atoms with Gasteiger partial charge in [0, 0.05) is 23.9 Å². The van der Waals surface area contributed by atoms with Crippen LogP contribution in [0.3, 0.4) is 0 Å². The van der Waals surface area contributed by atoms with E-state index in [4.69, 9.17) is 0 Å². The predicted molar refractivity (Wildman–Crippen MR) is 121 cm³/mol. The molecule has 2 nitrogen and oxygen atoms in total. The van der Waals surface area contributed by atoms with E-state index in [-0.39, 0.29) is 0 Å². The molecule has 1 fully saturated rings. The van der Waals surface area contributed by atoms with Gasteiger partial charge in [0.05, 0.1) is 6.54 Å². The van der Waals surface area contributed by atoms with Crippen molar-refractivity contribution in [2.45, 2.75) is 66.3 Å². The van der Waals surface area contributed by atoms with Gasteiger partial charge in [0.25, 0.3) is 0 Å². The topological polar surface area (TPSA) is 15.6 Å². The molecule has 1 aliphatic heterocycles. The number of nitrogens with zero attached hydrogens (tertiary/aromatic N) is 2. The Balaban J connectivity index is 2.35. The van der Waals surface area contributed by atoms with E-state index in [2.05, 4.69) is 76.7 Å². The maximum atomic E-state index is 4.67. The minimum atomic E-state index is 0.541. The molecular weight excluding hydrogens is 328 g/mol. The lowest BCUT2D eigenvalue weighted by atomic mass is 9.85. The molecule has 0 bridgehead atoms. The van der Waals surface area contributed by atoms with Gasteiger partial charge in [0.2, 0.25) is 0 Å². The lowest BCUT2D eigenvalue weighted by molar-refractivity contribution is 0.245. The molecule has 27 heavy (non-hydrogen) atoms. The molecule has 0 N–H and O–H groups in total. The van der Waals surface area contributed by atoms with E-state index in [1.54, 1.807) is 0 Å². The third kappa shape index (κ3) is 5.19. The third-order valence-electron chi connectivity index (χ3n) is 6.01. The Morgan fingerprint density at radius 1 is 1.33 bits per heavy atom. The van der Waals surface area contributed by atoms with Crippen molar-refractivity contribution in [1.82, 2.24) is 4.90 Å². The summed E-state index contributed by atoms with van der Waals surface area (Å²) in [6.45, 7) is 24.6. The first-order chi connectivity index (χ1) is 12.8. The fourth-order valence-electron chi connectivity index (χ4n) is 4.60. The number of hydrogen-bond acceptors (Lipinski definition) is 2. The van der Waals surface area contributed by atoms with E-state index in [0.29, 0.717) is 18.5 Å². The first kappa shape index (κ1) is 21.6. The van der Waals surface area contributed by atoms with Crippen molar-refractivity contribution in [2.24, 2.45) is 10.9 Å². The second kappa shape index (κ2) is 9.50. The lowest BCUT2D eigenvalue weighted by Crippen LogP contribution is -2.30. The summed E-state index contributed by atoms with van der Waals surface area (Å²) in [5.41, 5.74) is 7.45.